The van der Waals surface area contributed by atoms with E-state index in [1.807, 2.05) is 25.1 Å². The first-order valence-corrected chi connectivity index (χ1v) is 6.26. The highest BCUT2D eigenvalue weighted by Gasteiger charge is 2.10. The van der Waals surface area contributed by atoms with Gasteiger partial charge in [-0.15, -0.1) is 24.0 Å². The van der Waals surface area contributed by atoms with Crippen molar-refractivity contribution in [1.82, 2.24) is 0 Å². The molecule has 1 aromatic rings. The van der Waals surface area contributed by atoms with Crippen LogP contribution in [-0.2, 0) is 0 Å². The fraction of sp³-hybridized carbons (Fsp3) is 0.357. The number of aliphatic imine (C=N–C) groups is 1. The molecule has 0 saturated heterocycles. The summed E-state index contributed by atoms with van der Waals surface area (Å²) in [7, 11) is 0. The van der Waals surface area contributed by atoms with Crippen LogP contribution in [0.1, 0.15) is 13.3 Å². The Hall–Kier alpha value is -1.44. The number of anilines is 1. The molecule has 1 aliphatic heterocycles. The molecule has 1 aromatic carbocycles. The maximum absolute atomic E-state index is 5.79. The molecule has 20 heavy (non-hydrogen) atoms. The fourth-order valence-corrected chi connectivity index (χ4v) is 1.65. The summed E-state index contributed by atoms with van der Waals surface area (Å²) in [6.07, 6.45) is 0.889. The van der Waals surface area contributed by atoms with Crippen LogP contribution >= 0.6 is 24.0 Å². The van der Waals surface area contributed by atoms with Gasteiger partial charge in [-0.25, -0.2) is 4.99 Å². The molecule has 3 N–H and O–H groups in total. The number of guanidine groups is 1. The van der Waals surface area contributed by atoms with Gasteiger partial charge in [0.15, 0.2) is 17.5 Å². The molecule has 5 nitrogen and oxygen atoms in total. The van der Waals surface area contributed by atoms with Crippen molar-refractivity contribution in [1.29, 1.82) is 0 Å². The van der Waals surface area contributed by atoms with E-state index >= 15 is 0 Å². The van der Waals surface area contributed by atoms with Crippen LogP contribution in [0.25, 0.3) is 0 Å². The molecule has 0 spiro atoms. The van der Waals surface area contributed by atoms with E-state index in [1.54, 1.807) is 0 Å². The molecule has 0 amide bonds. The van der Waals surface area contributed by atoms with Crippen molar-refractivity contribution in [3.8, 4) is 11.5 Å². The average molecular weight is 389 g/mol. The van der Waals surface area contributed by atoms with E-state index in [2.05, 4.69) is 16.9 Å². The third kappa shape index (κ3) is 4.92. The standard InChI is InChI=1S/C14H19N3O2.HI/c1-10(2)9-16-14(15)17-11-4-5-12-13(8-11)19-7-3-6-18-12;/h4-5,8H,1,3,6-7,9H2,2H3,(H3,15,16,17);1H. The second-order valence-electron chi connectivity index (χ2n) is 4.50. The van der Waals surface area contributed by atoms with E-state index < -0.39 is 0 Å². The SMILES string of the molecule is C=C(C)CN=C(N)Nc1ccc2c(c1)OCCCO2.I. The zero-order chi connectivity index (χ0) is 13.7. The van der Waals surface area contributed by atoms with E-state index in [4.69, 9.17) is 15.2 Å². The second kappa shape index (κ2) is 7.98. The van der Waals surface area contributed by atoms with Gasteiger partial charge < -0.3 is 20.5 Å². The molecule has 1 aliphatic rings. The number of hydrogen-bond acceptors (Lipinski definition) is 3. The summed E-state index contributed by atoms with van der Waals surface area (Å²) < 4.78 is 11.2. The van der Waals surface area contributed by atoms with Crippen LogP contribution in [0.5, 0.6) is 11.5 Å². The Balaban J connectivity index is 0.00000200. The number of nitrogens with two attached hydrogens (primary N) is 1. The maximum atomic E-state index is 5.79. The number of rotatable bonds is 3. The predicted molar refractivity (Wildman–Crippen MR) is 92.4 cm³/mol. The first-order valence-electron chi connectivity index (χ1n) is 6.26. The zero-order valence-electron chi connectivity index (χ0n) is 11.5. The third-order valence-corrected chi connectivity index (χ3v) is 2.54. The number of halogens is 1. The highest BCUT2D eigenvalue weighted by atomic mass is 127. The minimum atomic E-state index is 0. The van der Waals surface area contributed by atoms with Gasteiger partial charge in [0, 0.05) is 18.2 Å². The topological polar surface area (TPSA) is 68.9 Å². The van der Waals surface area contributed by atoms with Crippen LogP contribution in [0.2, 0.25) is 0 Å². The average Bonchev–Trinajstić information content (AvgIpc) is 2.61. The van der Waals surface area contributed by atoms with Crippen LogP contribution in [0, 0.1) is 0 Å². The van der Waals surface area contributed by atoms with Gasteiger partial charge >= 0.3 is 0 Å². The van der Waals surface area contributed by atoms with Gasteiger partial charge in [0.25, 0.3) is 0 Å². The summed E-state index contributed by atoms with van der Waals surface area (Å²) in [5.74, 6) is 1.85. The third-order valence-electron chi connectivity index (χ3n) is 2.54. The molecule has 2 rings (SSSR count). The number of fused-ring (bicyclic) bond motifs is 1. The van der Waals surface area contributed by atoms with E-state index in [1.165, 1.54) is 0 Å². The molecule has 6 heteroatoms. The summed E-state index contributed by atoms with van der Waals surface area (Å²) in [4.78, 5) is 4.16. The lowest BCUT2D eigenvalue weighted by molar-refractivity contribution is 0.297. The van der Waals surface area contributed by atoms with Crippen LogP contribution in [0.3, 0.4) is 0 Å². The van der Waals surface area contributed by atoms with Crippen molar-refractivity contribution in [2.75, 3.05) is 25.1 Å². The number of nitrogens with one attached hydrogen (secondary N) is 1. The van der Waals surface area contributed by atoms with Crippen molar-refractivity contribution in [3.05, 3.63) is 30.4 Å². The van der Waals surface area contributed by atoms with Crippen LogP contribution in [0.15, 0.2) is 35.3 Å². The highest BCUT2D eigenvalue weighted by Crippen LogP contribution is 2.32. The Kier molecular flexibility index (Phi) is 6.63. The van der Waals surface area contributed by atoms with Gasteiger partial charge in [-0.2, -0.15) is 0 Å². The largest absolute Gasteiger partial charge is 0.490 e. The molecular weight excluding hydrogens is 369 g/mol. The Morgan fingerprint density at radius 2 is 2.05 bits per heavy atom. The first kappa shape index (κ1) is 16.6. The number of nitrogens with zero attached hydrogens (tertiary/aromatic N) is 1. The number of ether oxygens (including phenoxy) is 2. The van der Waals surface area contributed by atoms with E-state index in [0.717, 1.165) is 29.2 Å². The fourth-order valence-electron chi connectivity index (χ4n) is 1.65. The monoisotopic (exact) mass is 389 g/mol. The maximum Gasteiger partial charge on any atom is 0.193 e. The zero-order valence-corrected chi connectivity index (χ0v) is 13.8. The molecule has 0 saturated carbocycles. The molecule has 1 heterocycles. The number of benzene rings is 1. The summed E-state index contributed by atoms with van der Waals surface area (Å²) in [5.41, 5.74) is 7.57. The molecular formula is C14H20IN3O2. The molecule has 0 atom stereocenters. The lowest BCUT2D eigenvalue weighted by atomic mass is 10.3. The van der Waals surface area contributed by atoms with Gasteiger partial charge in [0.2, 0.25) is 0 Å². The quantitative estimate of drug-likeness (QED) is 0.361. The molecule has 0 aliphatic carbocycles. The first-order chi connectivity index (χ1) is 9.15. The Morgan fingerprint density at radius 3 is 2.75 bits per heavy atom. The molecule has 0 fully saturated rings. The van der Waals surface area contributed by atoms with Crippen molar-refractivity contribution >= 4 is 35.6 Å². The van der Waals surface area contributed by atoms with Gasteiger partial charge in [0.1, 0.15) is 0 Å². The minimum absolute atomic E-state index is 0. The Bertz CT molecular complexity index is 503. The van der Waals surface area contributed by atoms with Gasteiger partial charge in [-0.3, -0.25) is 0 Å². The Labute approximate surface area is 136 Å². The van der Waals surface area contributed by atoms with Gasteiger partial charge in [-0.05, 0) is 19.1 Å². The normalized spacial score (nSPS) is 13.9. The summed E-state index contributed by atoms with van der Waals surface area (Å²) in [5, 5.41) is 3.02. The highest BCUT2D eigenvalue weighted by molar-refractivity contribution is 14.0. The van der Waals surface area contributed by atoms with E-state index in [-0.39, 0.29) is 24.0 Å². The molecule has 0 unspecified atom stereocenters. The predicted octanol–water partition coefficient (Wildman–Crippen LogP) is 2.77. The van der Waals surface area contributed by atoms with Crippen LogP contribution in [-0.4, -0.2) is 25.7 Å². The molecule has 0 aromatic heterocycles. The van der Waals surface area contributed by atoms with E-state index in [9.17, 15) is 0 Å². The molecule has 110 valence electrons. The van der Waals surface area contributed by atoms with E-state index in [0.29, 0.717) is 25.7 Å². The Morgan fingerprint density at radius 1 is 1.35 bits per heavy atom. The lowest BCUT2D eigenvalue weighted by Crippen LogP contribution is -2.22. The van der Waals surface area contributed by atoms with Crippen LogP contribution in [0.4, 0.5) is 5.69 Å². The van der Waals surface area contributed by atoms with Crippen molar-refractivity contribution in [2.24, 2.45) is 10.7 Å². The summed E-state index contributed by atoms with van der Waals surface area (Å²) in [6.45, 7) is 7.54. The summed E-state index contributed by atoms with van der Waals surface area (Å²) in [6, 6.07) is 5.62. The van der Waals surface area contributed by atoms with Crippen molar-refractivity contribution in [2.45, 2.75) is 13.3 Å². The van der Waals surface area contributed by atoms with Crippen molar-refractivity contribution < 1.29 is 9.47 Å². The minimum Gasteiger partial charge on any atom is -0.490 e. The van der Waals surface area contributed by atoms with Gasteiger partial charge in [-0.1, -0.05) is 12.2 Å². The van der Waals surface area contributed by atoms with Gasteiger partial charge in [0.05, 0.1) is 19.8 Å². The van der Waals surface area contributed by atoms with Crippen molar-refractivity contribution in [3.63, 3.8) is 0 Å². The number of hydrogen-bond donors (Lipinski definition) is 2. The lowest BCUT2D eigenvalue weighted by Gasteiger charge is -2.10. The second-order valence-corrected chi connectivity index (χ2v) is 4.50. The molecule has 0 radical (unpaired) electrons. The molecule has 0 bridgehead atoms. The smallest absolute Gasteiger partial charge is 0.193 e. The van der Waals surface area contributed by atoms with Crippen LogP contribution < -0.4 is 20.5 Å². The summed E-state index contributed by atoms with van der Waals surface area (Å²) >= 11 is 0.